The zero-order chi connectivity index (χ0) is 17.5. The summed E-state index contributed by atoms with van der Waals surface area (Å²) in [6, 6.07) is 5.62. The SMILES string of the molecule is COc1ccc2c(c1)CCC1(CC=C(C(=O)OC(C)(C)C)C1)C2=O. The largest absolute Gasteiger partial charge is 0.497 e. The Hall–Kier alpha value is -2.10. The topological polar surface area (TPSA) is 52.6 Å². The summed E-state index contributed by atoms with van der Waals surface area (Å²) in [5, 5.41) is 0. The van der Waals surface area contributed by atoms with E-state index in [4.69, 9.17) is 9.47 Å². The molecule has 0 bridgehead atoms. The van der Waals surface area contributed by atoms with E-state index >= 15 is 0 Å². The molecule has 4 nitrogen and oxygen atoms in total. The van der Waals surface area contributed by atoms with E-state index in [2.05, 4.69) is 0 Å². The maximum Gasteiger partial charge on any atom is 0.334 e. The average Bonchev–Trinajstić information content (AvgIpc) is 2.95. The smallest absolute Gasteiger partial charge is 0.334 e. The normalized spacial score (nSPS) is 23.0. The molecule has 0 radical (unpaired) electrons. The van der Waals surface area contributed by atoms with Gasteiger partial charge in [0.1, 0.15) is 11.4 Å². The number of carbonyl (C=O) groups excluding carboxylic acids is 2. The molecule has 0 aliphatic heterocycles. The number of esters is 1. The summed E-state index contributed by atoms with van der Waals surface area (Å²) in [5.74, 6) is 0.616. The number of hydrogen-bond donors (Lipinski definition) is 0. The number of methoxy groups -OCH3 is 1. The first-order valence-corrected chi connectivity index (χ1v) is 8.38. The fourth-order valence-corrected chi connectivity index (χ4v) is 3.59. The van der Waals surface area contributed by atoms with Crippen LogP contribution in [0.2, 0.25) is 0 Å². The van der Waals surface area contributed by atoms with Crippen LogP contribution in [0.25, 0.3) is 0 Å². The summed E-state index contributed by atoms with van der Waals surface area (Å²) in [6.07, 6.45) is 4.57. The van der Waals surface area contributed by atoms with E-state index < -0.39 is 11.0 Å². The van der Waals surface area contributed by atoms with Crippen molar-refractivity contribution in [2.75, 3.05) is 7.11 Å². The molecule has 128 valence electrons. The molecule has 0 heterocycles. The number of ketones is 1. The van der Waals surface area contributed by atoms with Gasteiger partial charge in [0.15, 0.2) is 5.78 Å². The molecule has 3 rings (SSSR count). The van der Waals surface area contributed by atoms with Crippen LogP contribution in [0.1, 0.15) is 56.0 Å². The molecule has 1 aromatic carbocycles. The van der Waals surface area contributed by atoms with Crippen LogP contribution < -0.4 is 4.74 Å². The van der Waals surface area contributed by atoms with Gasteiger partial charge in [-0.3, -0.25) is 4.79 Å². The highest BCUT2D eigenvalue weighted by Crippen LogP contribution is 2.48. The summed E-state index contributed by atoms with van der Waals surface area (Å²) in [6.45, 7) is 5.56. The van der Waals surface area contributed by atoms with Gasteiger partial charge >= 0.3 is 5.97 Å². The molecule has 0 N–H and O–H groups in total. The number of fused-ring (bicyclic) bond motifs is 1. The Morgan fingerprint density at radius 3 is 2.67 bits per heavy atom. The minimum Gasteiger partial charge on any atom is -0.497 e. The predicted molar refractivity (Wildman–Crippen MR) is 91.2 cm³/mol. The molecule has 0 fully saturated rings. The van der Waals surface area contributed by atoms with E-state index in [0.717, 1.165) is 29.7 Å². The Bertz CT molecular complexity index is 724. The van der Waals surface area contributed by atoms with Crippen LogP contribution in [-0.2, 0) is 16.0 Å². The van der Waals surface area contributed by atoms with Gasteiger partial charge in [0.05, 0.1) is 7.11 Å². The first kappa shape index (κ1) is 16.7. The Morgan fingerprint density at radius 2 is 2.00 bits per heavy atom. The van der Waals surface area contributed by atoms with Crippen molar-refractivity contribution in [2.24, 2.45) is 5.41 Å². The minimum atomic E-state index is -0.520. The summed E-state index contributed by atoms with van der Waals surface area (Å²) in [4.78, 5) is 25.4. The van der Waals surface area contributed by atoms with E-state index in [1.807, 2.05) is 45.0 Å². The van der Waals surface area contributed by atoms with Crippen molar-refractivity contribution < 1.29 is 19.1 Å². The lowest BCUT2D eigenvalue weighted by atomic mass is 9.68. The van der Waals surface area contributed by atoms with Crippen molar-refractivity contribution in [3.8, 4) is 5.75 Å². The van der Waals surface area contributed by atoms with Crippen LogP contribution in [0.15, 0.2) is 29.8 Å². The van der Waals surface area contributed by atoms with Crippen molar-refractivity contribution in [1.29, 1.82) is 0 Å². The van der Waals surface area contributed by atoms with Crippen molar-refractivity contribution in [3.05, 3.63) is 41.0 Å². The lowest BCUT2D eigenvalue weighted by Gasteiger charge is -2.33. The second-order valence-electron chi connectivity index (χ2n) is 7.74. The molecule has 0 saturated heterocycles. The number of benzene rings is 1. The van der Waals surface area contributed by atoms with E-state index in [0.29, 0.717) is 18.4 Å². The fourth-order valence-electron chi connectivity index (χ4n) is 3.59. The lowest BCUT2D eigenvalue weighted by Crippen LogP contribution is -2.35. The van der Waals surface area contributed by atoms with Crippen LogP contribution in [-0.4, -0.2) is 24.5 Å². The third-order valence-corrected chi connectivity index (χ3v) is 4.84. The van der Waals surface area contributed by atoms with E-state index in [9.17, 15) is 9.59 Å². The molecule has 1 aromatic rings. The number of allylic oxidation sites excluding steroid dienone is 1. The molecule has 2 aliphatic rings. The van der Waals surface area contributed by atoms with Crippen LogP contribution in [0, 0.1) is 5.41 Å². The first-order chi connectivity index (χ1) is 11.2. The summed E-state index contributed by atoms with van der Waals surface area (Å²) >= 11 is 0. The zero-order valence-electron chi connectivity index (χ0n) is 14.8. The van der Waals surface area contributed by atoms with Gasteiger partial charge in [-0.1, -0.05) is 6.08 Å². The van der Waals surface area contributed by atoms with Crippen LogP contribution >= 0.6 is 0 Å². The molecule has 24 heavy (non-hydrogen) atoms. The van der Waals surface area contributed by atoms with Crippen molar-refractivity contribution >= 4 is 11.8 Å². The van der Waals surface area contributed by atoms with Gasteiger partial charge < -0.3 is 9.47 Å². The lowest BCUT2D eigenvalue weighted by molar-refractivity contribution is -0.150. The van der Waals surface area contributed by atoms with Gasteiger partial charge in [-0.05, 0) is 70.2 Å². The molecule has 0 amide bonds. The Kier molecular flexibility index (Phi) is 4.02. The highest BCUT2D eigenvalue weighted by atomic mass is 16.6. The van der Waals surface area contributed by atoms with E-state index in [1.165, 1.54) is 0 Å². The van der Waals surface area contributed by atoms with Crippen molar-refractivity contribution in [2.45, 2.75) is 52.1 Å². The zero-order valence-corrected chi connectivity index (χ0v) is 14.8. The molecule has 0 aromatic heterocycles. The highest BCUT2D eigenvalue weighted by molar-refractivity contribution is 6.05. The third kappa shape index (κ3) is 2.97. The van der Waals surface area contributed by atoms with Crippen molar-refractivity contribution in [3.63, 3.8) is 0 Å². The average molecular weight is 328 g/mol. The molecule has 1 spiro atoms. The number of ether oxygens (including phenoxy) is 2. The Balaban J connectivity index is 1.80. The number of aryl methyl sites for hydroxylation is 1. The standard InChI is InChI=1S/C20H24O4/c1-19(2,3)24-18(22)14-8-10-20(12-14)9-7-13-11-15(23-4)5-6-16(13)17(20)21/h5-6,8,11H,7,9-10,12H2,1-4H3. The summed E-state index contributed by atoms with van der Waals surface area (Å²) in [7, 11) is 1.63. The first-order valence-electron chi connectivity index (χ1n) is 8.38. The Labute approximate surface area is 142 Å². The molecule has 2 aliphatic carbocycles. The number of carbonyl (C=O) groups is 2. The number of rotatable bonds is 2. The maximum absolute atomic E-state index is 13.1. The van der Waals surface area contributed by atoms with Gasteiger partial charge in [-0.15, -0.1) is 0 Å². The molecule has 1 atom stereocenters. The predicted octanol–water partition coefficient (Wildman–Crippen LogP) is 3.87. The van der Waals surface area contributed by atoms with Crippen LogP contribution in [0.4, 0.5) is 0 Å². The van der Waals surface area contributed by atoms with E-state index in [-0.39, 0.29) is 11.8 Å². The van der Waals surface area contributed by atoms with Crippen LogP contribution in [0.3, 0.4) is 0 Å². The van der Waals surface area contributed by atoms with Gasteiger partial charge in [0, 0.05) is 16.6 Å². The monoisotopic (exact) mass is 328 g/mol. The second-order valence-corrected chi connectivity index (χ2v) is 7.74. The van der Waals surface area contributed by atoms with E-state index in [1.54, 1.807) is 7.11 Å². The number of Topliss-reactive ketones (excluding diaryl/α,β-unsaturated/α-hetero) is 1. The van der Waals surface area contributed by atoms with Gasteiger partial charge in [0.2, 0.25) is 0 Å². The highest BCUT2D eigenvalue weighted by Gasteiger charge is 2.46. The number of hydrogen-bond acceptors (Lipinski definition) is 4. The maximum atomic E-state index is 13.1. The third-order valence-electron chi connectivity index (χ3n) is 4.84. The van der Waals surface area contributed by atoms with Crippen LogP contribution in [0.5, 0.6) is 5.75 Å². The molecular formula is C20H24O4. The summed E-state index contributed by atoms with van der Waals surface area (Å²) < 4.78 is 10.7. The summed E-state index contributed by atoms with van der Waals surface area (Å²) in [5.41, 5.74) is 1.44. The van der Waals surface area contributed by atoms with Gasteiger partial charge in [-0.25, -0.2) is 4.79 Å². The second kappa shape index (κ2) is 5.76. The Morgan fingerprint density at radius 1 is 1.25 bits per heavy atom. The minimum absolute atomic E-state index is 0.140. The molecule has 4 heteroatoms. The molecule has 0 saturated carbocycles. The van der Waals surface area contributed by atoms with Crippen molar-refractivity contribution in [1.82, 2.24) is 0 Å². The molecule has 1 unspecified atom stereocenters. The quantitative estimate of drug-likeness (QED) is 0.773. The fraction of sp³-hybridized carbons (Fsp3) is 0.500. The van der Waals surface area contributed by atoms with Gasteiger partial charge in [0.25, 0.3) is 0 Å². The molecular weight excluding hydrogens is 304 g/mol. The van der Waals surface area contributed by atoms with Gasteiger partial charge in [-0.2, -0.15) is 0 Å².